The standard InChI is InChI=1S/C29H44ClGeN2/c1-18(2)24-13-11-14-25(19(3)4)28(24)32-22(9)17-23(10)33(31(32)30)29-26(20(5)6)15-12-16-27(29)21(7)8/h11-16,18-23H,17H2,1-10H3. The van der Waals surface area contributed by atoms with Gasteiger partial charge in [0.1, 0.15) is 0 Å². The van der Waals surface area contributed by atoms with Crippen LogP contribution in [0.25, 0.3) is 0 Å². The van der Waals surface area contributed by atoms with Crippen LogP contribution in [-0.2, 0) is 0 Å². The van der Waals surface area contributed by atoms with Gasteiger partial charge in [-0.1, -0.05) is 0 Å². The molecule has 2 unspecified atom stereocenters. The number of rotatable bonds is 6. The van der Waals surface area contributed by atoms with E-state index < -0.39 is 13.9 Å². The van der Waals surface area contributed by atoms with Crippen molar-refractivity contribution in [3.8, 4) is 0 Å². The van der Waals surface area contributed by atoms with Gasteiger partial charge in [0.15, 0.2) is 0 Å². The molecule has 0 aliphatic carbocycles. The van der Waals surface area contributed by atoms with E-state index in [1.165, 1.54) is 33.6 Å². The van der Waals surface area contributed by atoms with E-state index in [9.17, 15) is 0 Å². The molecule has 2 nitrogen and oxygen atoms in total. The second kappa shape index (κ2) is 10.6. The van der Waals surface area contributed by atoms with Gasteiger partial charge in [-0.15, -0.1) is 0 Å². The molecule has 1 aliphatic heterocycles. The fourth-order valence-corrected chi connectivity index (χ4v) is 12.3. The third-order valence-electron chi connectivity index (χ3n) is 7.13. The number of hydrogen-bond donors (Lipinski definition) is 0. The van der Waals surface area contributed by atoms with Crippen molar-refractivity contribution in [3.05, 3.63) is 58.7 Å². The second-order valence-electron chi connectivity index (χ2n) is 11.1. The maximum atomic E-state index is 7.73. The van der Waals surface area contributed by atoms with Crippen LogP contribution in [0.2, 0.25) is 0 Å². The molecule has 33 heavy (non-hydrogen) atoms. The average molecular weight is 529 g/mol. The number of halogens is 1. The number of nitrogens with zero attached hydrogens (tertiary/aromatic N) is 2. The molecule has 0 N–H and O–H groups in total. The van der Waals surface area contributed by atoms with E-state index in [1.807, 2.05) is 0 Å². The molecule has 1 fully saturated rings. The Morgan fingerprint density at radius 3 is 1.15 bits per heavy atom. The molecule has 1 heterocycles. The maximum absolute atomic E-state index is 7.73. The first-order valence-corrected chi connectivity index (χ1v) is 17.5. The monoisotopic (exact) mass is 529 g/mol. The van der Waals surface area contributed by atoms with Gasteiger partial charge in [0, 0.05) is 0 Å². The van der Waals surface area contributed by atoms with Crippen molar-refractivity contribution in [2.45, 2.75) is 111 Å². The summed E-state index contributed by atoms with van der Waals surface area (Å²) >= 11 is -2.39. The van der Waals surface area contributed by atoms with E-state index >= 15 is 0 Å². The van der Waals surface area contributed by atoms with Gasteiger partial charge >= 0.3 is 213 Å². The summed E-state index contributed by atoms with van der Waals surface area (Å²) < 4.78 is 5.38. The second-order valence-corrected chi connectivity index (χ2v) is 16.0. The quantitative estimate of drug-likeness (QED) is 0.345. The fraction of sp³-hybridized carbons (Fsp3) is 0.586. The molecule has 1 aliphatic rings. The van der Waals surface area contributed by atoms with Crippen molar-refractivity contribution in [2.24, 2.45) is 0 Å². The molecule has 1 radical (unpaired) electrons. The summed E-state index contributed by atoms with van der Waals surface area (Å²) in [5.74, 6) is 1.87. The van der Waals surface area contributed by atoms with Crippen molar-refractivity contribution in [3.63, 3.8) is 0 Å². The molecule has 0 spiro atoms. The van der Waals surface area contributed by atoms with E-state index in [0.717, 1.165) is 6.42 Å². The van der Waals surface area contributed by atoms with E-state index in [4.69, 9.17) is 10.0 Å². The summed E-state index contributed by atoms with van der Waals surface area (Å²) in [4.78, 5) is 0. The van der Waals surface area contributed by atoms with Crippen LogP contribution in [0.4, 0.5) is 11.4 Å². The van der Waals surface area contributed by atoms with Crippen LogP contribution in [0.1, 0.15) is 122 Å². The van der Waals surface area contributed by atoms with Crippen LogP contribution in [0, 0.1) is 0 Å². The summed E-state index contributed by atoms with van der Waals surface area (Å²) in [5.41, 5.74) is 8.60. The predicted molar refractivity (Wildman–Crippen MR) is 149 cm³/mol. The first kappa shape index (κ1) is 26.5. The van der Waals surface area contributed by atoms with Crippen molar-refractivity contribution in [2.75, 3.05) is 7.71 Å². The zero-order chi connectivity index (χ0) is 24.6. The summed E-state index contributed by atoms with van der Waals surface area (Å²) in [6.45, 7) is 23.3. The molecule has 181 valence electrons. The van der Waals surface area contributed by atoms with Gasteiger partial charge in [0.2, 0.25) is 0 Å². The van der Waals surface area contributed by atoms with Gasteiger partial charge in [0.25, 0.3) is 0 Å². The van der Waals surface area contributed by atoms with Crippen LogP contribution in [0.5, 0.6) is 0 Å². The third kappa shape index (κ3) is 5.12. The third-order valence-corrected chi connectivity index (χ3v) is 13.5. The molecule has 2 aromatic carbocycles. The van der Waals surface area contributed by atoms with Crippen LogP contribution >= 0.6 is 10.0 Å². The van der Waals surface area contributed by atoms with Gasteiger partial charge in [-0.3, -0.25) is 0 Å². The molecule has 3 rings (SSSR count). The van der Waals surface area contributed by atoms with Crippen molar-refractivity contribution >= 4 is 35.2 Å². The molecule has 0 amide bonds. The Bertz CT molecular complexity index is 825. The Labute approximate surface area is 212 Å². The van der Waals surface area contributed by atoms with E-state index in [0.29, 0.717) is 35.8 Å². The molecule has 1 saturated heterocycles. The molecular formula is C29H44ClGeN2. The minimum atomic E-state index is -2.39. The zero-order valence-electron chi connectivity index (χ0n) is 22.4. The molecule has 2 aromatic rings. The molecule has 0 saturated carbocycles. The number of anilines is 2. The van der Waals surface area contributed by atoms with Crippen LogP contribution < -0.4 is 7.71 Å². The molecule has 4 heteroatoms. The van der Waals surface area contributed by atoms with E-state index in [1.54, 1.807) is 0 Å². The van der Waals surface area contributed by atoms with Crippen LogP contribution in [0.3, 0.4) is 0 Å². The Morgan fingerprint density at radius 1 is 0.636 bits per heavy atom. The van der Waals surface area contributed by atoms with Gasteiger partial charge in [-0.25, -0.2) is 0 Å². The van der Waals surface area contributed by atoms with Crippen molar-refractivity contribution < 1.29 is 0 Å². The van der Waals surface area contributed by atoms with Crippen LogP contribution in [0.15, 0.2) is 36.4 Å². The van der Waals surface area contributed by atoms with E-state index in [2.05, 4.69) is 113 Å². The van der Waals surface area contributed by atoms with Crippen molar-refractivity contribution in [1.82, 2.24) is 0 Å². The topological polar surface area (TPSA) is 6.48 Å². The Morgan fingerprint density at radius 2 is 0.909 bits per heavy atom. The van der Waals surface area contributed by atoms with E-state index in [-0.39, 0.29) is 0 Å². The average Bonchev–Trinajstić information content (AvgIpc) is 2.72. The Balaban J connectivity index is 2.25. The minimum absolute atomic E-state index is 0.440. The summed E-state index contributed by atoms with van der Waals surface area (Å²) in [6.07, 6.45) is 1.12. The summed E-state index contributed by atoms with van der Waals surface area (Å²) in [7, 11) is 7.73. The van der Waals surface area contributed by atoms with Gasteiger partial charge in [-0.2, -0.15) is 0 Å². The predicted octanol–water partition coefficient (Wildman–Crippen LogP) is 8.90. The molecule has 0 aromatic heterocycles. The van der Waals surface area contributed by atoms with Gasteiger partial charge in [-0.05, 0) is 0 Å². The van der Waals surface area contributed by atoms with Gasteiger partial charge in [0.05, 0.1) is 0 Å². The molecule has 2 atom stereocenters. The first-order chi connectivity index (χ1) is 15.5. The van der Waals surface area contributed by atoms with Gasteiger partial charge < -0.3 is 0 Å². The Hall–Kier alpha value is -1.13. The summed E-state index contributed by atoms with van der Waals surface area (Å²) in [6, 6.07) is 14.7. The van der Waals surface area contributed by atoms with Crippen molar-refractivity contribution in [1.29, 1.82) is 0 Å². The van der Waals surface area contributed by atoms with Crippen LogP contribution in [-0.4, -0.2) is 25.9 Å². The molecular weight excluding hydrogens is 484 g/mol. The number of hydrogen-bond acceptors (Lipinski definition) is 2. The molecule has 0 bridgehead atoms. The SMILES string of the molecule is CC(C)c1cccc(C(C)C)c1[N]1C(C)CC(C)[N](c2c(C(C)C)cccc2C(C)C)[Ge]1[Cl]. The Kier molecular flexibility index (Phi) is 8.54. The normalized spacial score (nSPS) is 20.1. The zero-order valence-corrected chi connectivity index (χ0v) is 25.3. The fourth-order valence-electron chi connectivity index (χ4n) is 5.39. The number of benzene rings is 2. The number of para-hydroxylation sites is 2. The summed E-state index contributed by atoms with van der Waals surface area (Å²) in [5, 5.41) is 0. The first-order valence-electron chi connectivity index (χ1n) is 12.8.